The maximum atomic E-state index is 13.0. The molecule has 3 aromatic rings. The first-order valence-corrected chi connectivity index (χ1v) is 9.42. The van der Waals surface area contributed by atoms with Gasteiger partial charge >= 0.3 is 6.09 Å². The summed E-state index contributed by atoms with van der Waals surface area (Å²) in [4.78, 5) is 27.9. The molecule has 8 nitrogen and oxygen atoms in total. The van der Waals surface area contributed by atoms with Gasteiger partial charge in [0.2, 0.25) is 11.7 Å². The standard InChI is InChI=1S/C21H21N3O5/c1-13-18(19(24-29-13)14-5-3-2-4-6-14)20(25)15-11-17(22-12-15)28-21(26)23-16-7-9-27-10-8-16/h2-6,11-12,16,22H,7-10H2,1H3,(H,23,26). The molecule has 1 aliphatic heterocycles. The minimum absolute atomic E-state index is 0.0281. The highest BCUT2D eigenvalue weighted by Crippen LogP contribution is 2.28. The van der Waals surface area contributed by atoms with E-state index in [1.807, 2.05) is 30.3 Å². The van der Waals surface area contributed by atoms with E-state index < -0.39 is 6.09 Å². The van der Waals surface area contributed by atoms with Gasteiger partial charge < -0.3 is 24.3 Å². The zero-order chi connectivity index (χ0) is 20.2. The lowest BCUT2D eigenvalue weighted by Gasteiger charge is -2.22. The van der Waals surface area contributed by atoms with Crippen molar-refractivity contribution in [2.45, 2.75) is 25.8 Å². The molecule has 2 aromatic heterocycles. The number of nitrogens with one attached hydrogen (secondary N) is 2. The van der Waals surface area contributed by atoms with Crippen LogP contribution in [0.4, 0.5) is 4.79 Å². The Morgan fingerprint density at radius 1 is 1.21 bits per heavy atom. The van der Waals surface area contributed by atoms with E-state index in [0.717, 1.165) is 18.4 Å². The van der Waals surface area contributed by atoms with E-state index in [1.165, 1.54) is 12.3 Å². The van der Waals surface area contributed by atoms with Crippen molar-refractivity contribution in [1.29, 1.82) is 0 Å². The molecule has 8 heteroatoms. The second-order valence-electron chi connectivity index (χ2n) is 6.83. The number of hydrogen-bond acceptors (Lipinski definition) is 6. The summed E-state index contributed by atoms with van der Waals surface area (Å²) in [5.41, 5.74) is 2.00. The van der Waals surface area contributed by atoms with Gasteiger partial charge in [-0.25, -0.2) is 4.79 Å². The molecule has 1 aromatic carbocycles. The highest BCUT2D eigenvalue weighted by atomic mass is 16.6. The molecule has 150 valence electrons. The lowest BCUT2D eigenvalue weighted by Crippen LogP contribution is -2.40. The van der Waals surface area contributed by atoms with Gasteiger partial charge in [0, 0.05) is 42.6 Å². The summed E-state index contributed by atoms with van der Waals surface area (Å²) in [7, 11) is 0. The molecule has 3 heterocycles. The molecule has 2 N–H and O–H groups in total. The molecule has 0 saturated carbocycles. The molecular weight excluding hydrogens is 374 g/mol. The van der Waals surface area contributed by atoms with Gasteiger partial charge in [-0.05, 0) is 19.8 Å². The first-order valence-electron chi connectivity index (χ1n) is 9.42. The smallest absolute Gasteiger partial charge is 0.393 e. The first kappa shape index (κ1) is 18.9. The van der Waals surface area contributed by atoms with E-state index in [1.54, 1.807) is 6.92 Å². The van der Waals surface area contributed by atoms with Gasteiger partial charge in [-0.3, -0.25) is 4.79 Å². The fourth-order valence-corrected chi connectivity index (χ4v) is 3.28. The Bertz CT molecular complexity index is 1000. The Morgan fingerprint density at radius 2 is 1.97 bits per heavy atom. The highest BCUT2D eigenvalue weighted by Gasteiger charge is 2.24. The van der Waals surface area contributed by atoms with Crippen molar-refractivity contribution >= 4 is 11.9 Å². The van der Waals surface area contributed by atoms with Gasteiger partial charge in [0.25, 0.3) is 0 Å². The average Bonchev–Trinajstić information content (AvgIpc) is 3.35. The predicted octanol–water partition coefficient (Wildman–Crippen LogP) is 3.48. The molecule has 1 aliphatic rings. The maximum Gasteiger partial charge on any atom is 0.414 e. The van der Waals surface area contributed by atoms with Crippen LogP contribution in [0.25, 0.3) is 11.3 Å². The third-order valence-electron chi connectivity index (χ3n) is 4.80. The number of benzene rings is 1. The van der Waals surface area contributed by atoms with Crippen LogP contribution in [0.3, 0.4) is 0 Å². The van der Waals surface area contributed by atoms with Crippen LogP contribution in [0.2, 0.25) is 0 Å². The second-order valence-corrected chi connectivity index (χ2v) is 6.83. The van der Waals surface area contributed by atoms with Gasteiger partial charge in [0.05, 0.1) is 5.56 Å². The van der Waals surface area contributed by atoms with Gasteiger partial charge in [0.1, 0.15) is 11.5 Å². The topological polar surface area (TPSA) is 106 Å². The number of rotatable bonds is 5. The zero-order valence-corrected chi connectivity index (χ0v) is 15.9. The van der Waals surface area contributed by atoms with Crippen LogP contribution in [0.5, 0.6) is 5.88 Å². The molecule has 0 unspecified atom stereocenters. The average molecular weight is 395 g/mol. The number of aromatic nitrogens is 2. The molecule has 4 rings (SSSR count). The summed E-state index contributed by atoms with van der Waals surface area (Å²) in [6.07, 6.45) is 2.43. The Morgan fingerprint density at radius 3 is 2.72 bits per heavy atom. The Kier molecular flexibility index (Phi) is 5.44. The minimum atomic E-state index is -0.566. The van der Waals surface area contributed by atoms with E-state index in [-0.39, 0.29) is 17.7 Å². The number of hydrogen-bond donors (Lipinski definition) is 2. The zero-order valence-electron chi connectivity index (χ0n) is 15.9. The predicted molar refractivity (Wildman–Crippen MR) is 104 cm³/mol. The van der Waals surface area contributed by atoms with Crippen LogP contribution in [0.15, 0.2) is 47.1 Å². The molecular formula is C21H21N3O5. The normalized spacial score (nSPS) is 14.5. The van der Waals surface area contributed by atoms with Crippen molar-refractivity contribution in [3.05, 3.63) is 59.5 Å². The Hall–Kier alpha value is -3.39. The van der Waals surface area contributed by atoms with Crippen LogP contribution < -0.4 is 10.1 Å². The quantitative estimate of drug-likeness (QED) is 0.641. The van der Waals surface area contributed by atoms with E-state index >= 15 is 0 Å². The van der Waals surface area contributed by atoms with Crippen LogP contribution >= 0.6 is 0 Å². The van der Waals surface area contributed by atoms with Crippen molar-refractivity contribution in [1.82, 2.24) is 15.5 Å². The SMILES string of the molecule is Cc1onc(-c2ccccc2)c1C(=O)c1c[nH]c(OC(=O)NC2CCOCC2)c1. The van der Waals surface area contributed by atoms with Crippen LogP contribution in [-0.2, 0) is 4.74 Å². The molecule has 0 radical (unpaired) electrons. The van der Waals surface area contributed by atoms with Crippen molar-refractivity contribution < 1.29 is 23.6 Å². The van der Waals surface area contributed by atoms with Crippen molar-refractivity contribution in [2.24, 2.45) is 0 Å². The molecule has 0 bridgehead atoms. The third-order valence-corrected chi connectivity index (χ3v) is 4.80. The Balaban J connectivity index is 1.48. The summed E-state index contributed by atoms with van der Waals surface area (Å²) in [5, 5.41) is 6.84. The highest BCUT2D eigenvalue weighted by molar-refractivity contribution is 6.13. The number of aryl methyl sites for hydroxylation is 1. The van der Waals surface area contributed by atoms with E-state index in [4.69, 9.17) is 14.0 Å². The fourth-order valence-electron chi connectivity index (χ4n) is 3.28. The summed E-state index contributed by atoms with van der Waals surface area (Å²) < 4.78 is 15.8. The molecule has 0 aliphatic carbocycles. The van der Waals surface area contributed by atoms with Crippen molar-refractivity contribution in [3.8, 4) is 17.1 Å². The monoisotopic (exact) mass is 395 g/mol. The number of aromatic amines is 1. The molecule has 1 amide bonds. The van der Waals surface area contributed by atoms with Gasteiger partial charge in [-0.2, -0.15) is 0 Å². The summed E-state index contributed by atoms with van der Waals surface area (Å²) in [6.45, 7) is 2.93. The number of carbonyl (C=O) groups excluding carboxylic acids is 2. The van der Waals surface area contributed by atoms with E-state index in [9.17, 15) is 9.59 Å². The number of ether oxygens (including phenoxy) is 2. The van der Waals surface area contributed by atoms with Crippen LogP contribution in [0.1, 0.15) is 34.5 Å². The number of nitrogens with zero attached hydrogens (tertiary/aromatic N) is 1. The number of H-pyrrole nitrogens is 1. The molecule has 0 spiro atoms. The minimum Gasteiger partial charge on any atom is -0.393 e. The number of carbonyl (C=O) groups is 2. The first-order chi connectivity index (χ1) is 14.1. The van der Waals surface area contributed by atoms with E-state index in [2.05, 4.69) is 15.5 Å². The largest absolute Gasteiger partial charge is 0.414 e. The fraction of sp³-hybridized carbons (Fsp3) is 0.286. The molecule has 1 saturated heterocycles. The molecule has 29 heavy (non-hydrogen) atoms. The van der Waals surface area contributed by atoms with Crippen molar-refractivity contribution in [3.63, 3.8) is 0 Å². The van der Waals surface area contributed by atoms with Crippen molar-refractivity contribution in [2.75, 3.05) is 13.2 Å². The number of ketones is 1. The van der Waals surface area contributed by atoms with Crippen LogP contribution in [-0.4, -0.2) is 41.3 Å². The summed E-state index contributed by atoms with van der Waals surface area (Å²) >= 11 is 0. The maximum absolute atomic E-state index is 13.0. The van der Waals surface area contributed by atoms with Gasteiger partial charge in [-0.1, -0.05) is 35.5 Å². The molecule has 0 atom stereocenters. The second kappa shape index (κ2) is 8.32. The molecule has 1 fully saturated rings. The summed E-state index contributed by atoms with van der Waals surface area (Å²) in [5.74, 6) is 0.349. The van der Waals surface area contributed by atoms with Crippen LogP contribution in [0, 0.1) is 6.92 Å². The summed E-state index contributed by atoms with van der Waals surface area (Å²) in [6, 6.07) is 10.9. The Labute approximate surface area is 167 Å². The number of amides is 1. The lowest BCUT2D eigenvalue weighted by molar-refractivity contribution is 0.0777. The van der Waals surface area contributed by atoms with E-state index in [0.29, 0.717) is 35.8 Å². The van der Waals surface area contributed by atoms with Gasteiger partial charge in [-0.15, -0.1) is 0 Å². The third kappa shape index (κ3) is 4.22. The van der Waals surface area contributed by atoms with Gasteiger partial charge in [0.15, 0.2) is 0 Å². The lowest BCUT2D eigenvalue weighted by atomic mass is 10.00.